The van der Waals surface area contributed by atoms with Crippen LogP contribution in [0.1, 0.15) is 51.0 Å². The van der Waals surface area contributed by atoms with E-state index in [1.807, 2.05) is 12.4 Å². The van der Waals surface area contributed by atoms with Crippen molar-refractivity contribution in [2.45, 2.75) is 56.4 Å². The van der Waals surface area contributed by atoms with E-state index in [0.717, 1.165) is 18.4 Å². The molecule has 0 saturated heterocycles. The summed E-state index contributed by atoms with van der Waals surface area (Å²) in [5, 5.41) is 3.87. The third kappa shape index (κ3) is 1.76. The minimum Gasteiger partial charge on any atom is -0.311 e. The van der Waals surface area contributed by atoms with Crippen LogP contribution in [0.4, 0.5) is 0 Å². The minimum atomic E-state index is 0.447. The normalized spacial score (nSPS) is 43.6. The first-order valence-corrected chi connectivity index (χ1v) is 7.89. The van der Waals surface area contributed by atoms with Crippen molar-refractivity contribution < 1.29 is 0 Å². The van der Waals surface area contributed by atoms with E-state index >= 15 is 0 Å². The summed E-state index contributed by atoms with van der Waals surface area (Å²) in [5.41, 5.74) is 2.45. The van der Waals surface area contributed by atoms with Crippen molar-refractivity contribution in [3.63, 3.8) is 0 Å². The first kappa shape index (κ1) is 11.9. The van der Waals surface area contributed by atoms with Crippen molar-refractivity contribution in [3.05, 3.63) is 30.1 Å². The SMILES string of the molecule is CCNC12CC3CC(C1)CC(c1ccncc1)(C3)C2. The van der Waals surface area contributed by atoms with E-state index in [1.54, 1.807) is 5.56 Å². The Morgan fingerprint density at radius 1 is 1.16 bits per heavy atom. The summed E-state index contributed by atoms with van der Waals surface area (Å²) < 4.78 is 0. The van der Waals surface area contributed by atoms with Crippen LogP contribution < -0.4 is 5.32 Å². The van der Waals surface area contributed by atoms with Crippen molar-refractivity contribution in [2.75, 3.05) is 6.54 Å². The number of hydrogen-bond acceptors (Lipinski definition) is 2. The molecule has 4 saturated carbocycles. The molecule has 0 aromatic carbocycles. The zero-order valence-electron chi connectivity index (χ0n) is 11.9. The van der Waals surface area contributed by atoms with Crippen LogP contribution in [-0.4, -0.2) is 17.1 Å². The Kier molecular flexibility index (Phi) is 2.54. The summed E-state index contributed by atoms with van der Waals surface area (Å²) in [6, 6.07) is 4.54. The Hall–Kier alpha value is -0.890. The largest absolute Gasteiger partial charge is 0.311 e. The van der Waals surface area contributed by atoms with Crippen LogP contribution in [0.5, 0.6) is 0 Å². The molecular formula is C17H24N2. The molecule has 0 radical (unpaired) electrons. The Balaban J connectivity index is 1.74. The summed E-state index contributed by atoms with van der Waals surface area (Å²) in [7, 11) is 0. The molecule has 2 unspecified atom stereocenters. The zero-order chi connectivity index (χ0) is 12.9. The molecule has 102 valence electrons. The van der Waals surface area contributed by atoms with Gasteiger partial charge in [0.15, 0.2) is 0 Å². The summed E-state index contributed by atoms with van der Waals surface area (Å²) in [5.74, 6) is 1.90. The molecule has 1 heterocycles. The predicted molar refractivity (Wildman–Crippen MR) is 77.0 cm³/mol. The maximum absolute atomic E-state index is 4.21. The maximum Gasteiger partial charge on any atom is 0.0270 e. The van der Waals surface area contributed by atoms with Crippen LogP contribution in [-0.2, 0) is 5.41 Å². The monoisotopic (exact) mass is 256 g/mol. The van der Waals surface area contributed by atoms with E-state index < -0.39 is 0 Å². The minimum absolute atomic E-state index is 0.447. The van der Waals surface area contributed by atoms with Gasteiger partial charge in [0.05, 0.1) is 0 Å². The molecule has 1 aromatic rings. The van der Waals surface area contributed by atoms with Crippen LogP contribution in [0.3, 0.4) is 0 Å². The molecule has 5 rings (SSSR count). The average Bonchev–Trinajstić information content (AvgIpc) is 2.38. The van der Waals surface area contributed by atoms with Crippen molar-refractivity contribution in [2.24, 2.45) is 11.8 Å². The highest BCUT2D eigenvalue weighted by atomic mass is 15.0. The van der Waals surface area contributed by atoms with Gasteiger partial charge in [0.2, 0.25) is 0 Å². The fraction of sp³-hybridized carbons (Fsp3) is 0.706. The van der Waals surface area contributed by atoms with Crippen LogP contribution >= 0.6 is 0 Å². The van der Waals surface area contributed by atoms with Gasteiger partial charge in [0, 0.05) is 17.9 Å². The smallest absolute Gasteiger partial charge is 0.0270 e. The van der Waals surface area contributed by atoms with Gasteiger partial charge in [0.25, 0.3) is 0 Å². The van der Waals surface area contributed by atoms with Crippen LogP contribution in [0, 0.1) is 11.8 Å². The molecule has 0 aliphatic heterocycles. The number of pyridine rings is 1. The molecule has 4 aliphatic rings. The maximum atomic E-state index is 4.21. The van der Waals surface area contributed by atoms with Crippen LogP contribution in [0.2, 0.25) is 0 Å². The lowest BCUT2D eigenvalue weighted by molar-refractivity contribution is -0.0399. The lowest BCUT2D eigenvalue weighted by Gasteiger charge is -2.62. The standard InChI is InChI=1S/C17H24N2/c1-2-19-17-10-13-7-14(11-17)9-16(8-13,12-17)15-3-5-18-6-4-15/h3-6,13-14,19H,2,7-12H2,1H3. The average molecular weight is 256 g/mol. The van der Waals surface area contributed by atoms with Gasteiger partial charge in [-0.25, -0.2) is 0 Å². The van der Waals surface area contributed by atoms with E-state index in [9.17, 15) is 0 Å². The zero-order valence-corrected chi connectivity index (χ0v) is 11.9. The third-order valence-corrected chi connectivity index (χ3v) is 5.91. The molecule has 1 aromatic heterocycles. The topological polar surface area (TPSA) is 24.9 Å². The van der Waals surface area contributed by atoms with Crippen molar-refractivity contribution in [3.8, 4) is 0 Å². The molecule has 2 nitrogen and oxygen atoms in total. The van der Waals surface area contributed by atoms with E-state index in [4.69, 9.17) is 0 Å². The molecule has 0 spiro atoms. The number of rotatable bonds is 3. The van der Waals surface area contributed by atoms with Gasteiger partial charge in [-0.1, -0.05) is 6.92 Å². The Morgan fingerprint density at radius 3 is 2.47 bits per heavy atom. The highest BCUT2D eigenvalue weighted by Gasteiger charge is 2.57. The second-order valence-corrected chi connectivity index (χ2v) is 7.29. The first-order valence-electron chi connectivity index (χ1n) is 7.89. The fourth-order valence-corrected chi connectivity index (χ4v) is 5.89. The second kappa shape index (κ2) is 4.05. The lowest BCUT2D eigenvalue weighted by Crippen LogP contribution is -2.63. The molecule has 2 heteroatoms. The molecule has 4 fully saturated rings. The van der Waals surface area contributed by atoms with Gasteiger partial charge in [-0.15, -0.1) is 0 Å². The number of hydrogen-bond donors (Lipinski definition) is 1. The van der Waals surface area contributed by atoms with E-state index in [-0.39, 0.29) is 0 Å². The molecule has 4 aliphatic carbocycles. The first-order chi connectivity index (χ1) is 9.24. The number of nitrogens with one attached hydrogen (secondary N) is 1. The molecule has 2 atom stereocenters. The fourth-order valence-electron chi connectivity index (χ4n) is 5.89. The van der Waals surface area contributed by atoms with Gasteiger partial charge >= 0.3 is 0 Å². The quantitative estimate of drug-likeness (QED) is 0.897. The lowest BCUT2D eigenvalue weighted by atomic mass is 9.45. The van der Waals surface area contributed by atoms with Gasteiger partial charge < -0.3 is 5.32 Å². The highest BCUT2D eigenvalue weighted by Crippen LogP contribution is 2.62. The van der Waals surface area contributed by atoms with Crippen LogP contribution in [0.15, 0.2) is 24.5 Å². The second-order valence-electron chi connectivity index (χ2n) is 7.29. The van der Waals surface area contributed by atoms with Gasteiger partial charge in [-0.3, -0.25) is 4.98 Å². The Morgan fingerprint density at radius 2 is 1.84 bits per heavy atom. The number of aromatic nitrogens is 1. The molecule has 19 heavy (non-hydrogen) atoms. The number of nitrogens with zero attached hydrogens (tertiary/aromatic N) is 1. The molecule has 1 N–H and O–H groups in total. The van der Waals surface area contributed by atoms with E-state index in [0.29, 0.717) is 11.0 Å². The van der Waals surface area contributed by atoms with Crippen molar-refractivity contribution in [1.29, 1.82) is 0 Å². The van der Waals surface area contributed by atoms with Gasteiger partial charge in [-0.05, 0) is 80.0 Å². The van der Waals surface area contributed by atoms with E-state index in [1.165, 1.54) is 38.5 Å². The summed E-state index contributed by atoms with van der Waals surface area (Å²) in [6.07, 6.45) is 12.5. The summed E-state index contributed by atoms with van der Waals surface area (Å²) in [6.45, 7) is 3.38. The van der Waals surface area contributed by atoms with E-state index in [2.05, 4.69) is 29.4 Å². The predicted octanol–water partition coefficient (Wildman–Crippen LogP) is 3.28. The van der Waals surface area contributed by atoms with Crippen LogP contribution in [0.25, 0.3) is 0 Å². The third-order valence-electron chi connectivity index (χ3n) is 5.91. The Bertz CT molecular complexity index is 453. The summed E-state index contributed by atoms with van der Waals surface area (Å²) >= 11 is 0. The highest BCUT2D eigenvalue weighted by molar-refractivity contribution is 5.30. The van der Waals surface area contributed by atoms with Gasteiger partial charge in [0.1, 0.15) is 0 Å². The van der Waals surface area contributed by atoms with Crippen molar-refractivity contribution >= 4 is 0 Å². The Labute approximate surface area is 116 Å². The summed E-state index contributed by atoms with van der Waals surface area (Å²) in [4.78, 5) is 4.21. The van der Waals surface area contributed by atoms with Crippen molar-refractivity contribution in [1.82, 2.24) is 10.3 Å². The molecule has 4 bridgehead atoms. The molecule has 0 amide bonds. The van der Waals surface area contributed by atoms with Gasteiger partial charge in [-0.2, -0.15) is 0 Å². The molecular weight excluding hydrogens is 232 g/mol.